The first-order chi connectivity index (χ1) is 16.4. The van der Waals surface area contributed by atoms with Crippen LogP contribution in [-0.2, 0) is 4.79 Å². The van der Waals surface area contributed by atoms with Crippen molar-refractivity contribution < 1.29 is 9.53 Å². The number of likely N-dealkylation sites (N-methyl/N-ethyl adjacent to an activating group) is 1. The van der Waals surface area contributed by atoms with E-state index in [2.05, 4.69) is 28.3 Å². The third-order valence-corrected chi connectivity index (χ3v) is 5.23. The van der Waals surface area contributed by atoms with Gasteiger partial charge in [0.25, 0.3) is 0 Å². The number of nitrogens with zero attached hydrogens (tertiary/aromatic N) is 4. The predicted molar refractivity (Wildman–Crippen MR) is 134 cm³/mol. The van der Waals surface area contributed by atoms with E-state index in [9.17, 15) is 4.79 Å². The molecule has 0 unspecified atom stereocenters. The summed E-state index contributed by atoms with van der Waals surface area (Å²) in [5.41, 5.74) is 4.17. The summed E-state index contributed by atoms with van der Waals surface area (Å²) in [6, 6.07) is 14.8. The fraction of sp³-hybridized carbons (Fsp3) is 0.259. The van der Waals surface area contributed by atoms with Crippen molar-refractivity contribution in [2.75, 3.05) is 18.9 Å². The van der Waals surface area contributed by atoms with Gasteiger partial charge >= 0.3 is 0 Å². The van der Waals surface area contributed by atoms with Gasteiger partial charge in [-0.05, 0) is 79.4 Å². The van der Waals surface area contributed by atoms with E-state index in [1.54, 1.807) is 47.5 Å². The molecule has 0 atom stereocenters. The van der Waals surface area contributed by atoms with E-state index in [1.165, 1.54) is 0 Å². The Morgan fingerprint density at radius 2 is 1.88 bits per heavy atom. The van der Waals surface area contributed by atoms with Crippen LogP contribution in [0.4, 0.5) is 11.6 Å². The molecule has 174 valence electrons. The minimum atomic E-state index is -0.00707. The zero-order valence-electron chi connectivity index (χ0n) is 20.0. The number of nitrogens with one attached hydrogen (secondary N) is 1. The van der Waals surface area contributed by atoms with E-state index < -0.39 is 0 Å². The maximum absolute atomic E-state index is 12.3. The molecule has 7 nitrogen and oxygen atoms in total. The maximum Gasteiger partial charge on any atom is 0.246 e. The van der Waals surface area contributed by atoms with Crippen molar-refractivity contribution >= 4 is 23.6 Å². The van der Waals surface area contributed by atoms with Gasteiger partial charge in [-0.25, -0.2) is 4.98 Å². The Hall–Kier alpha value is -4.18. The number of carbonyl (C=O) groups excluding carboxylic acids is 1. The lowest BCUT2D eigenvalue weighted by molar-refractivity contribution is -0.124. The Morgan fingerprint density at radius 1 is 1.18 bits per heavy atom. The fourth-order valence-electron chi connectivity index (χ4n) is 3.36. The van der Waals surface area contributed by atoms with Crippen LogP contribution in [0.25, 0.3) is 6.08 Å². The standard InChI is InChI=1S/C27H29N5O2/c1-5-6-15-32(4)25(33)12-9-22-16-19(2)26(20(3)17-22)34-24-13-14-29-27(31-24)30-23-10-7-21(18-28)8-11-23/h7-14,16-17H,5-6,15H2,1-4H3,(H,29,30,31). The van der Waals surface area contributed by atoms with E-state index in [4.69, 9.17) is 10.00 Å². The van der Waals surface area contributed by atoms with Gasteiger partial charge in [-0.15, -0.1) is 0 Å². The fourth-order valence-corrected chi connectivity index (χ4v) is 3.36. The van der Waals surface area contributed by atoms with Crippen molar-refractivity contribution in [2.24, 2.45) is 0 Å². The molecule has 3 aromatic rings. The topological polar surface area (TPSA) is 91.1 Å². The van der Waals surface area contributed by atoms with E-state index in [0.29, 0.717) is 23.1 Å². The third-order valence-electron chi connectivity index (χ3n) is 5.23. The molecule has 0 spiro atoms. The summed E-state index contributed by atoms with van der Waals surface area (Å²) in [5, 5.41) is 12.0. The van der Waals surface area contributed by atoms with Crippen molar-refractivity contribution in [3.05, 3.63) is 77.0 Å². The molecule has 2 aromatic carbocycles. The first kappa shape index (κ1) is 24.5. The number of anilines is 2. The molecule has 1 heterocycles. The van der Waals surface area contributed by atoms with Gasteiger partial charge in [-0.2, -0.15) is 10.2 Å². The Labute approximate surface area is 200 Å². The van der Waals surface area contributed by atoms with Gasteiger partial charge in [-0.3, -0.25) is 4.79 Å². The Balaban J connectivity index is 1.71. The van der Waals surface area contributed by atoms with Crippen LogP contribution >= 0.6 is 0 Å². The molecule has 0 aliphatic rings. The predicted octanol–water partition coefficient (Wildman–Crippen LogP) is 5.77. The molecule has 7 heteroatoms. The Bertz CT molecular complexity index is 1190. The first-order valence-electron chi connectivity index (χ1n) is 11.2. The highest BCUT2D eigenvalue weighted by Crippen LogP contribution is 2.30. The van der Waals surface area contributed by atoms with Crippen molar-refractivity contribution in [3.8, 4) is 17.7 Å². The lowest BCUT2D eigenvalue weighted by atomic mass is 10.1. The summed E-state index contributed by atoms with van der Waals surface area (Å²) in [6.45, 7) is 6.79. The summed E-state index contributed by atoms with van der Waals surface area (Å²) >= 11 is 0. The van der Waals surface area contributed by atoms with Crippen LogP contribution in [-0.4, -0.2) is 34.4 Å². The molecular formula is C27H29N5O2. The molecule has 0 aliphatic carbocycles. The van der Waals surface area contributed by atoms with Crippen LogP contribution in [0.1, 0.15) is 42.0 Å². The Morgan fingerprint density at radius 3 is 2.53 bits per heavy atom. The van der Waals surface area contributed by atoms with Gasteiger partial charge < -0.3 is 15.0 Å². The minimum Gasteiger partial charge on any atom is -0.438 e. The lowest BCUT2D eigenvalue weighted by Gasteiger charge is -2.14. The number of aromatic nitrogens is 2. The maximum atomic E-state index is 12.3. The number of nitriles is 1. The Kier molecular flexibility index (Phi) is 8.36. The molecule has 0 saturated heterocycles. The average molecular weight is 456 g/mol. The second-order valence-electron chi connectivity index (χ2n) is 8.07. The summed E-state index contributed by atoms with van der Waals surface area (Å²) in [4.78, 5) is 22.7. The highest BCUT2D eigenvalue weighted by molar-refractivity contribution is 5.91. The van der Waals surface area contributed by atoms with Crippen molar-refractivity contribution in [1.82, 2.24) is 14.9 Å². The number of rotatable bonds is 9. The molecule has 0 fully saturated rings. The quantitative estimate of drug-likeness (QED) is 0.412. The number of unbranched alkanes of at least 4 members (excludes halogenated alkanes) is 1. The minimum absolute atomic E-state index is 0.00707. The van der Waals surface area contributed by atoms with E-state index in [1.807, 2.05) is 39.1 Å². The zero-order valence-corrected chi connectivity index (χ0v) is 20.0. The number of benzene rings is 2. The second-order valence-corrected chi connectivity index (χ2v) is 8.07. The lowest BCUT2D eigenvalue weighted by Crippen LogP contribution is -2.25. The highest BCUT2D eigenvalue weighted by atomic mass is 16.5. The van der Waals surface area contributed by atoms with Gasteiger partial charge in [-0.1, -0.05) is 13.3 Å². The van der Waals surface area contributed by atoms with E-state index >= 15 is 0 Å². The van der Waals surface area contributed by atoms with Gasteiger partial charge in [0.05, 0.1) is 11.6 Å². The molecule has 1 N–H and O–H groups in total. The molecule has 0 saturated carbocycles. The number of amides is 1. The first-order valence-corrected chi connectivity index (χ1v) is 11.2. The van der Waals surface area contributed by atoms with Crippen LogP contribution in [0.5, 0.6) is 11.6 Å². The van der Waals surface area contributed by atoms with Gasteiger partial charge in [0.2, 0.25) is 17.7 Å². The van der Waals surface area contributed by atoms with Crippen LogP contribution in [0, 0.1) is 25.2 Å². The van der Waals surface area contributed by atoms with E-state index in [0.717, 1.165) is 41.8 Å². The molecule has 1 amide bonds. The van der Waals surface area contributed by atoms with Crippen LogP contribution in [0.15, 0.2) is 54.7 Å². The van der Waals surface area contributed by atoms with Crippen molar-refractivity contribution in [3.63, 3.8) is 0 Å². The average Bonchev–Trinajstić information content (AvgIpc) is 2.84. The molecular weight excluding hydrogens is 426 g/mol. The molecule has 0 bridgehead atoms. The molecule has 3 rings (SSSR count). The summed E-state index contributed by atoms with van der Waals surface area (Å²) < 4.78 is 6.08. The number of ether oxygens (including phenoxy) is 1. The van der Waals surface area contributed by atoms with Gasteiger partial charge in [0.1, 0.15) is 5.75 Å². The largest absolute Gasteiger partial charge is 0.438 e. The van der Waals surface area contributed by atoms with Gasteiger partial charge in [0, 0.05) is 37.6 Å². The molecule has 0 radical (unpaired) electrons. The SMILES string of the molecule is CCCCN(C)C(=O)C=Cc1cc(C)c(Oc2ccnc(Nc3ccc(C#N)cc3)n2)c(C)c1. The van der Waals surface area contributed by atoms with Gasteiger partial charge in [0.15, 0.2) is 0 Å². The van der Waals surface area contributed by atoms with Crippen molar-refractivity contribution in [1.29, 1.82) is 5.26 Å². The molecule has 34 heavy (non-hydrogen) atoms. The molecule has 0 aliphatic heterocycles. The van der Waals surface area contributed by atoms with E-state index in [-0.39, 0.29) is 5.91 Å². The highest BCUT2D eigenvalue weighted by Gasteiger charge is 2.10. The van der Waals surface area contributed by atoms with Crippen molar-refractivity contribution in [2.45, 2.75) is 33.6 Å². The number of hydrogen-bond donors (Lipinski definition) is 1. The number of carbonyl (C=O) groups is 1. The number of hydrogen-bond acceptors (Lipinski definition) is 6. The second kappa shape index (κ2) is 11.6. The number of aryl methyl sites for hydroxylation is 2. The summed E-state index contributed by atoms with van der Waals surface area (Å²) in [7, 11) is 1.82. The monoisotopic (exact) mass is 455 g/mol. The normalized spacial score (nSPS) is 10.7. The summed E-state index contributed by atoms with van der Waals surface area (Å²) in [5.74, 6) is 1.51. The van der Waals surface area contributed by atoms with Crippen LogP contribution < -0.4 is 10.1 Å². The third kappa shape index (κ3) is 6.66. The zero-order chi connectivity index (χ0) is 24.5. The molecule has 1 aromatic heterocycles. The smallest absolute Gasteiger partial charge is 0.246 e. The summed E-state index contributed by atoms with van der Waals surface area (Å²) in [6.07, 6.45) is 7.11. The van der Waals surface area contributed by atoms with Crippen LogP contribution in [0.3, 0.4) is 0 Å². The van der Waals surface area contributed by atoms with Crippen LogP contribution in [0.2, 0.25) is 0 Å².